The maximum absolute atomic E-state index is 5.84. The predicted molar refractivity (Wildman–Crippen MR) is 71.3 cm³/mol. The Balaban J connectivity index is 2.03. The minimum absolute atomic E-state index is 0.0648. The number of hydrogen-bond donors (Lipinski definition) is 1. The van der Waals surface area contributed by atoms with Crippen LogP contribution in [0.3, 0.4) is 0 Å². The molecule has 3 heteroatoms. The third kappa shape index (κ3) is 3.21. The van der Waals surface area contributed by atoms with E-state index in [9.17, 15) is 0 Å². The van der Waals surface area contributed by atoms with Crippen molar-refractivity contribution in [3.05, 3.63) is 0 Å². The van der Waals surface area contributed by atoms with Crippen molar-refractivity contribution < 1.29 is 4.74 Å². The molecule has 0 aromatic carbocycles. The summed E-state index contributed by atoms with van der Waals surface area (Å²) in [6.45, 7) is 13.5. The molecule has 0 aliphatic carbocycles. The van der Waals surface area contributed by atoms with E-state index in [0.29, 0.717) is 12.1 Å². The Kier molecular flexibility index (Phi) is 4.11. The summed E-state index contributed by atoms with van der Waals surface area (Å²) in [5.74, 6) is 0.730. The zero-order valence-electron chi connectivity index (χ0n) is 11.8. The van der Waals surface area contributed by atoms with Crippen LogP contribution in [0.25, 0.3) is 0 Å². The zero-order valence-corrected chi connectivity index (χ0v) is 11.8. The molecule has 0 spiro atoms. The second-order valence-electron chi connectivity index (χ2n) is 6.51. The van der Waals surface area contributed by atoms with Crippen LogP contribution in [-0.4, -0.2) is 48.8 Å². The highest BCUT2D eigenvalue weighted by molar-refractivity contribution is 4.91. The molecule has 2 unspecified atom stereocenters. The van der Waals surface area contributed by atoms with Crippen LogP contribution in [0.15, 0.2) is 0 Å². The van der Waals surface area contributed by atoms with E-state index in [2.05, 4.69) is 37.9 Å². The van der Waals surface area contributed by atoms with Crippen molar-refractivity contribution in [2.24, 2.45) is 5.92 Å². The minimum atomic E-state index is 0.0648. The van der Waals surface area contributed by atoms with E-state index in [1.807, 2.05) is 0 Å². The fourth-order valence-corrected chi connectivity index (χ4v) is 3.30. The molecule has 2 rings (SSSR count). The van der Waals surface area contributed by atoms with Crippen LogP contribution < -0.4 is 5.32 Å². The molecule has 3 nitrogen and oxygen atoms in total. The fraction of sp³-hybridized carbons (Fsp3) is 1.00. The van der Waals surface area contributed by atoms with Gasteiger partial charge in [-0.2, -0.15) is 0 Å². The summed E-state index contributed by atoms with van der Waals surface area (Å²) in [7, 11) is 0. The summed E-state index contributed by atoms with van der Waals surface area (Å²) in [6.07, 6.45) is 2.38. The predicted octanol–water partition coefficient (Wildman–Crippen LogP) is 1.87. The molecule has 0 aromatic rings. The van der Waals surface area contributed by atoms with Gasteiger partial charge in [0.1, 0.15) is 0 Å². The number of rotatable bonds is 2. The molecule has 1 N–H and O–H groups in total. The largest absolute Gasteiger partial charge is 0.375 e. The highest BCUT2D eigenvalue weighted by Gasteiger charge is 2.36. The second kappa shape index (κ2) is 5.25. The normalized spacial score (nSPS) is 35.1. The number of nitrogens with one attached hydrogen (secondary N) is 1. The van der Waals surface area contributed by atoms with Gasteiger partial charge in [-0.15, -0.1) is 0 Å². The van der Waals surface area contributed by atoms with Crippen LogP contribution in [0.4, 0.5) is 0 Å². The van der Waals surface area contributed by atoms with Crippen LogP contribution in [0.1, 0.15) is 40.5 Å². The standard InChI is InChI=1S/C14H28N2O/c1-11(2)13-10-15-6-7-16(13)12-5-8-17-14(3,4)9-12/h11-13,15H,5-10H2,1-4H3. The molecule has 0 radical (unpaired) electrons. The van der Waals surface area contributed by atoms with Gasteiger partial charge in [0, 0.05) is 38.3 Å². The molecular weight excluding hydrogens is 212 g/mol. The number of hydrogen-bond acceptors (Lipinski definition) is 3. The first-order valence-electron chi connectivity index (χ1n) is 7.10. The van der Waals surface area contributed by atoms with Gasteiger partial charge >= 0.3 is 0 Å². The van der Waals surface area contributed by atoms with Crippen LogP contribution in [0.5, 0.6) is 0 Å². The van der Waals surface area contributed by atoms with Crippen LogP contribution in [0.2, 0.25) is 0 Å². The quantitative estimate of drug-likeness (QED) is 0.797. The molecule has 2 heterocycles. The van der Waals surface area contributed by atoms with Crippen molar-refractivity contribution in [2.45, 2.75) is 58.2 Å². The SMILES string of the molecule is CC(C)C1CNCCN1C1CCOC(C)(C)C1. The van der Waals surface area contributed by atoms with Gasteiger partial charge in [0.15, 0.2) is 0 Å². The molecule has 2 saturated heterocycles. The summed E-state index contributed by atoms with van der Waals surface area (Å²) in [4.78, 5) is 2.74. The van der Waals surface area contributed by atoms with Crippen LogP contribution in [0, 0.1) is 5.92 Å². The number of piperazine rings is 1. The van der Waals surface area contributed by atoms with Crippen molar-refractivity contribution in [1.29, 1.82) is 0 Å². The van der Waals surface area contributed by atoms with E-state index in [1.54, 1.807) is 0 Å². The van der Waals surface area contributed by atoms with E-state index >= 15 is 0 Å². The second-order valence-corrected chi connectivity index (χ2v) is 6.51. The van der Waals surface area contributed by atoms with Gasteiger partial charge in [-0.3, -0.25) is 4.90 Å². The average Bonchev–Trinajstić information content (AvgIpc) is 2.27. The molecule has 0 saturated carbocycles. The van der Waals surface area contributed by atoms with Gasteiger partial charge in [0.25, 0.3) is 0 Å². The summed E-state index contributed by atoms with van der Waals surface area (Å²) >= 11 is 0. The topological polar surface area (TPSA) is 24.5 Å². The zero-order chi connectivity index (χ0) is 12.5. The first-order valence-corrected chi connectivity index (χ1v) is 7.10. The lowest BCUT2D eigenvalue weighted by molar-refractivity contribution is -0.0944. The van der Waals surface area contributed by atoms with Crippen LogP contribution >= 0.6 is 0 Å². The van der Waals surface area contributed by atoms with Gasteiger partial charge in [-0.1, -0.05) is 13.8 Å². The Hall–Kier alpha value is -0.120. The smallest absolute Gasteiger partial charge is 0.0641 e. The Labute approximate surface area is 106 Å². The highest BCUT2D eigenvalue weighted by Crippen LogP contribution is 2.30. The van der Waals surface area contributed by atoms with Crippen molar-refractivity contribution in [1.82, 2.24) is 10.2 Å². The first kappa shape index (κ1) is 13.3. The Morgan fingerprint density at radius 1 is 1.35 bits per heavy atom. The van der Waals surface area contributed by atoms with Crippen molar-refractivity contribution in [3.63, 3.8) is 0 Å². The third-order valence-electron chi connectivity index (χ3n) is 4.24. The molecule has 2 fully saturated rings. The number of nitrogens with zero attached hydrogens (tertiary/aromatic N) is 1. The van der Waals surface area contributed by atoms with E-state index in [1.165, 1.54) is 19.4 Å². The lowest BCUT2D eigenvalue weighted by Crippen LogP contribution is -2.59. The molecule has 17 heavy (non-hydrogen) atoms. The lowest BCUT2D eigenvalue weighted by Gasteiger charge is -2.47. The maximum Gasteiger partial charge on any atom is 0.0641 e. The molecular formula is C14H28N2O. The van der Waals surface area contributed by atoms with E-state index < -0.39 is 0 Å². The van der Waals surface area contributed by atoms with Gasteiger partial charge in [0.05, 0.1) is 5.60 Å². The minimum Gasteiger partial charge on any atom is -0.375 e. The summed E-state index contributed by atoms with van der Waals surface area (Å²) in [6, 6.07) is 1.41. The Bertz CT molecular complexity index is 253. The summed E-state index contributed by atoms with van der Waals surface area (Å²) in [5.41, 5.74) is 0.0648. The maximum atomic E-state index is 5.84. The first-order chi connectivity index (χ1) is 7.99. The van der Waals surface area contributed by atoms with Crippen molar-refractivity contribution in [2.75, 3.05) is 26.2 Å². The molecule has 100 valence electrons. The molecule has 0 amide bonds. The van der Waals surface area contributed by atoms with E-state index in [4.69, 9.17) is 4.74 Å². The highest BCUT2D eigenvalue weighted by atomic mass is 16.5. The molecule has 2 atom stereocenters. The van der Waals surface area contributed by atoms with Gasteiger partial charge < -0.3 is 10.1 Å². The van der Waals surface area contributed by atoms with E-state index in [-0.39, 0.29) is 5.60 Å². The van der Waals surface area contributed by atoms with Crippen LogP contribution in [-0.2, 0) is 4.74 Å². The molecule has 0 bridgehead atoms. The summed E-state index contributed by atoms with van der Waals surface area (Å²) < 4.78 is 5.84. The Morgan fingerprint density at radius 3 is 2.76 bits per heavy atom. The van der Waals surface area contributed by atoms with Gasteiger partial charge in [0.2, 0.25) is 0 Å². The fourth-order valence-electron chi connectivity index (χ4n) is 3.30. The van der Waals surface area contributed by atoms with Crippen molar-refractivity contribution >= 4 is 0 Å². The molecule has 2 aliphatic heterocycles. The van der Waals surface area contributed by atoms with E-state index in [0.717, 1.165) is 25.6 Å². The van der Waals surface area contributed by atoms with Gasteiger partial charge in [-0.25, -0.2) is 0 Å². The lowest BCUT2D eigenvalue weighted by atomic mass is 9.89. The summed E-state index contributed by atoms with van der Waals surface area (Å²) in [5, 5.41) is 3.53. The average molecular weight is 240 g/mol. The Morgan fingerprint density at radius 2 is 2.12 bits per heavy atom. The monoisotopic (exact) mass is 240 g/mol. The molecule has 0 aromatic heterocycles. The molecule has 2 aliphatic rings. The van der Waals surface area contributed by atoms with Gasteiger partial charge in [-0.05, 0) is 32.6 Å². The third-order valence-corrected chi connectivity index (χ3v) is 4.24. The number of ether oxygens (including phenoxy) is 1. The van der Waals surface area contributed by atoms with Crippen molar-refractivity contribution in [3.8, 4) is 0 Å².